The van der Waals surface area contributed by atoms with Crippen LogP contribution in [-0.2, 0) is 0 Å². The number of benzene rings is 1. The summed E-state index contributed by atoms with van der Waals surface area (Å²) in [6.07, 6.45) is 3.90. The Morgan fingerprint density at radius 3 is 2.55 bits per heavy atom. The zero-order valence-electron chi connectivity index (χ0n) is 13.8. The van der Waals surface area contributed by atoms with Crippen LogP contribution < -0.4 is 5.32 Å². The van der Waals surface area contributed by atoms with Crippen molar-refractivity contribution < 1.29 is 0 Å². The Kier molecular flexibility index (Phi) is 5.16. The van der Waals surface area contributed by atoms with Gasteiger partial charge in [-0.2, -0.15) is 0 Å². The van der Waals surface area contributed by atoms with E-state index < -0.39 is 0 Å². The molecule has 22 heavy (non-hydrogen) atoms. The first-order chi connectivity index (χ1) is 10.8. The van der Waals surface area contributed by atoms with Crippen LogP contribution in [-0.4, -0.2) is 55.6 Å². The molecule has 2 saturated heterocycles. The summed E-state index contributed by atoms with van der Waals surface area (Å²) in [5.74, 6) is 0.759. The van der Waals surface area contributed by atoms with Gasteiger partial charge >= 0.3 is 0 Å². The third-order valence-corrected chi connectivity index (χ3v) is 5.31. The fraction of sp³-hybridized carbons (Fsp3) is 0.579. The van der Waals surface area contributed by atoms with Gasteiger partial charge in [-0.05, 0) is 50.9 Å². The molecular weight excluding hydrogens is 270 g/mol. The summed E-state index contributed by atoms with van der Waals surface area (Å²) in [5.41, 5.74) is 2.77. The molecule has 2 aliphatic heterocycles. The van der Waals surface area contributed by atoms with Crippen LogP contribution in [0.15, 0.2) is 42.6 Å². The van der Waals surface area contributed by atoms with Crippen molar-refractivity contribution in [1.29, 1.82) is 0 Å². The zero-order valence-corrected chi connectivity index (χ0v) is 13.8. The van der Waals surface area contributed by atoms with E-state index >= 15 is 0 Å². The Morgan fingerprint density at radius 1 is 1.14 bits per heavy atom. The van der Waals surface area contributed by atoms with Gasteiger partial charge in [0.15, 0.2) is 0 Å². The van der Waals surface area contributed by atoms with Gasteiger partial charge in [-0.15, -0.1) is 0 Å². The highest BCUT2D eigenvalue weighted by Crippen LogP contribution is 2.30. The van der Waals surface area contributed by atoms with E-state index in [1.165, 1.54) is 50.2 Å². The highest BCUT2D eigenvalue weighted by molar-refractivity contribution is 5.20. The van der Waals surface area contributed by atoms with E-state index in [1.807, 2.05) is 7.05 Å². The maximum Gasteiger partial charge on any atom is 0.0347 e. The zero-order chi connectivity index (χ0) is 15.4. The van der Waals surface area contributed by atoms with Gasteiger partial charge in [0.2, 0.25) is 0 Å². The predicted molar refractivity (Wildman–Crippen MR) is 93.0 cm³/mol. The molecule has 1 aromatic carbocycles. The first-order valence-corrected chi connectivity index (χ1v) is 8.64. The first kappa shape index (κ1) is 15.6. The smallest absolute Gasteiger partial charge is 0.0347 e. The first-order valence-electron chi connectivity index (χ1n) is 8.64. The number of hydrogen-bond donors (Lipinski definition) is 1. The van der Waals surface area contributed by atoms with Crippen LogP contribution >= 0.6 is 0 Å². The Balaban J connectivity index is 1.49. The Labute approximate surface area is 135 Å². The summed E-state index contributed by atoms with van der Waals surface area (Å²) in [6.45, 7) is 9.94. The normalized spacial score (nSPS) is 23.9. The van der Waals surface area contributed by atoms with Crippen molar-refractivity contribution in [2.75, 3.05) is 39.8 Å². The molecule has 1 N–H and O–H groups in total. The van der Waals surface area contributed by atoms with Crippen LogP contribution in [0, 0.1) is 0 Å². The van der Waals surface area contributed by atoms with Crippen LogP contribution in [0.25, 0.3) is 0 Å². The van der Waals surface area contributed by atoms with Gasteiger partial charge < -0.3 is 10.2 Å². The molecule has 0 aromatic heterocycles. The molecule has 1 atom stereocenters. The largest absolute Gasteiger partial charge is 0.373 e. The number of nitrogens with zero attached hydrogens (tertiary/aromatic N) is 2. The molecule has 0 amide bonds. The van der Waals surface area contributed by atoms with Crippen molar-refractivity contribution in [3.05, 3.63) is 48.2 Å². The molecular formula is C19H29N3. The lowest BCUT2D eigenvalue weighted by Gasteiger charge is -2.36. The van der Waals surface area contributed by atoms with Crippen LogP contribution in [0.5, 0.6) is 0 Å². The lowest BCUT2D eigenvalue weighted by Crippen LogP contribution is -2.42. The molecule has 0 radical (unpaired) electrons. The minimum Gasteiger partial charge on any atom is -0.373 e. The van der Waals surface area contributed by atoms with E-state index in [0.717, 1.165) is 25.0 Å². The van der Waals surface area contributed by atoms with E-state index in [-0.39, 0.29) is 0 Å². The molecule has 3 rings (SSSR count). The Bertz CT molecular complexity index is 477. The average molecular weight is 299 g/mol. The van der Waals surface area contributed by atoms with Crippen LogP contribution in [0.4, 0.5) is 0 Å². The summed E-state index contributed by atoms with van der Waals surface area (Å²) in [7, 11) is 1.99. The van der Waals surface area contributed by atoms with Gasteiger partial charge in [0.25, 0.3) is 0 Å². The number of likely N-dealkylation sites (tertiary alicyclic amines) is 2. The molecule has 3 nitrogen and oxygen atoms in total. The summed E-state index contributed by atoms with van der Waals surface area (Å²) >= 11 is 0. The number of rotatable bonds is 5. The number of likely N-dealkylation sites (N-methyl/N-ethyl adjacent to an activating group) is 1. The minimum atomic E-state index is 0.727. The number of piperidine rings is 1. The van der Waals surface area contributed by atoms with E-state index in [0.29, 0.717) is 0 Å². The standard InChI is InChI=1S/C19H29N3/c1-16(14-20-2)22-13-10-19(15-22)21-11-8-18(9-12-21)17-6-4-3-5-7-17/h3-7,18-20H,1,8-15H2,2H3. The molecule has 2 heterocycles. The molecule has 0 spiro atoms. The maximum atomic E-state index is 4.20. The Morgan fingerprint density at radius 2 is 1.86 bits per heavy atom. The van der Waals surface area contributed by atoms with Gasteiger partial charge in [-0.3, -0.25) is 4.90 Å². The molecule has 1 unspecified atom stereocenters. The molecule has 0 saturated carbocycles. The second-order valence-corrected chi connectivity index (χ2v) is 6.71. The molecule has 2 aliphatic rings. The van der Waals surface area contributed by atoms with Crippen molar-refractivity contribution in [3.8, 4) is 0 Å². The third-order valence-electron chi connectivity index (χ3n) is 5.31. The molecule has 0 aliphatic carbocycles. The monoisotopic (exact) mass is 299 g/mol. The average Bonchev–Trinajstić information content (AvgIpc) is 3.06. The summed E-state index contributed by atoms with van der Waals surface area (Å²) in [6, 6.07) is 11.8. The van der Waals surface area contributed by atoms with Gasteiger partial charge in [0.1, 0.15) is 0 Å². The van der Waals surface area contributed by atoms with Crippen molar-refractivity contribution in [2.24, 2.45) is 0 Å². The molecule has 3 heteroatoms. The van der Waals surface area contributed by atoms with Gasteiger partial charge in [-0.1, -0.05) is 36.9 Å². The van der Waals surface area contributed by atoms with Gasteiger partial charge in [0.05, 0.1) is 0 Å². The second kappa shape index (κ2) is 7.30. The highest BCUT2D eigenvalue weighted by atomic mass is 15.3. The fourth-order valence-electron chi connectivity index (χ4n) is 3.97. The minimum absolute atomic E-state index is 0.727. The van der Waals surface area contributed by atoms with Crippen LogP contribution in [0.3, 0.4) is 0 Å². The molecule has 120 valence electrons. The highest BCUT2D eigenvalue weighted by Gasteiger charge is 2.31. The second-order valence-electron chi connectivity index (χ2n) is 6.71. The lowest BCUT2D eigenvalue weighted by atomic mass is 9.89. The van der Waals surface area contributed by atoms with E-state index in [1.54, 1.807) is 0 Å². The molecule has 1 aromatic rings. The number of hydrogen-bond acceptors (Lipinski definition) is 3. The van der Waals surface area contributed by atoms with E-state index in [2.05, 4.69) is 52.0 Å². The molecule has 0 bridgehead atoms. The Hall–Kier alpha value is -1.32. The summed E-state index contributed by atoms with van der Waals surface area (Å²) < 4.78 is 0. The van der Waals surface area contributed by atoms with Gasteiger partial charge in [-0.25, -0.2) is 0 Å². The van der Waals surface area contributed by atoms with Crippen LogP contribution in [0.1, 0.15) is 30.7 Å². The predicted octanol–water partition coefficient (Wildman–Crippen LogP) is 2.67. The maximum absolute atomic E-state index is 4.20. The SMILES string of the molecule is C=C(CNC)N1CCC(N2CCC(c3ccccc3)CC2)C1. The molecule has 2 fully saturated rings. The topological polar surface area (TPSA) is 18.5 Å². The van der Waals surface area contributed by atoms with E-state index in [9.17, 15) is 0 Å². The lowest BCUT2D eigenvalue weighted by molar-refractivity contribution is 0.155. The van der Waals surface area contributed by atoms with Gasteiger partial charge in [0, 0.05) is 31.4 Å². The number of nitrogens with one attached hydrogen (secondary N) is 1. The van der Waals surface area contributed by atoms with Crippen molar-refractivity contribution in [3.63, 3.8) is 0 Å². The van der Waals surface area contributed by atoms with Crippen molar-refractivity contribution >= 4 is 0 Å². The fourth-order valence-corrected chi connectivity index (χ4v) is 3.97. The summed E-state index contributed by atoms with van der Waals surface area (Å²) in [4.78, 5) is 5.18. The van der Waals surface area contributed by atoms with E-state index in [4.69, 9.17) is 0 Å². The quantitative estimate of drug-likeness (QED) is 0.902. The third kappa shape index (κ3) is 3.53. The summed E-state index contributed by atoms with van der Waals surface area (Å²) in [5, 5.41) is 3.21. The van der Waals surface area contributed by atoms with Crippen molar-refractivity contribution in [1.82, 2.24) is 15.1 Å². The van der Waals surface area contributed by atoms with Crippen LogP contribution in [0.2, 0.25) is 0 Å². The van der Waals surface area contributed by atoms with Crippen molar-refractivity contribution in [2.45, 2.75) is 31.2 Å².